The summed E-state index contributed by atoms with van der Waals surface area (Å²) in [6.45, 7) is 6.52. The minimum absolute atomic E-state index is 0.161. The predicted octanol–water partition coefficient (Wildman–Crippen LogP) is 2.87. The number of primary sulfonamides is 1. The van der Waals surface area contributed by atoms with Crippen LogP contribution in [0.4, 0.5) is 5.69 Å². The van der Waals surface area contributed by atoms with E-state index in [-0.39, 0.29) is 4.90 Å². The highest BCUT2D eigenvalue weighted by Crippen LogP contribution is 2.20. The summed E-state index contributed by atoms with van der Waals surface area (Å²) < 4.78 is 23.1. The molecule has 0 atom stereocenters. The topological polar surface area (TPSA) is 72.2 Å². The van der Waals surface area contributed by atoms with Gasteiger partial charge in [-0.3, -0.25) is 0 Å². The average molecular weight is 304 g/mol. The van der Waals surface area contributed by atoms with Crippen molar-refractivity contribution in [2.45, 2.75) is 32.2 Å². The zero-order chi connectivity index (χ0) is 15.6. The first kappa shape index (κ1) is 15.5. The van der Waals surface area contributed by atoms with E-state index in [2.05, 4.69) is 31.3 Å². The van der Waals surface area contributed by atoms with E-state index in [4.69, 9.17) is 5.14 Å². The van der Waals surface area contributed by atoms with Gasteiger partial charge in [0.25, 0.3) is 0 Å². The number of rotatable bonds is 4. The number of anilines is 1. The molecule has 0 radical (unpaired) electrons. The Bertz CT molecular complexity index is 768. The van der Waals surface area contributed by atoms with Gasteiger partial charge in [0.15, 0.2) is 0 Å². The maximum atomic E-state index is 11.5. The van der Waals surface area contributed by atoms with Crippen LogP contribution in [0.15, 0.2) is 41.3 Å². The SMILES string of the molecule is Cc1ccc(NCc2cccc(C)c2C)cc1S(N)(=O)=O. The lowest BCUT2D eigenvalue weighted by atomic mass is 10.0. The maximum Gasteiger partial charge on any atom is 0.238 e. The lowest BCUT2D eigenvalue weighted by molar-refractivity contribution is 0.597. The highest BCUT2D eigenvalue weighted by Gasteiger charge is 2.12. The Morgan fingerprint density at radius 2 is 1.76 bits per heavy atom. The molecule has 5 heteroatoms. The number of hydrogen-bond acceptors (Lipinski definition) is 3. The smallest absolute Gasteiger partial charge is 0.238 e. The number of aryl methyl sites for hydroxylation is 2. The highest BCUT2D eigenvalue weighted by atomic mass is 32.2. The molecule has 0 saturated heterocycles. The second kappa shape index (κ2) is 5.87. The molecule has 0 bridgehead atoms. The third-order valence-electron chi connectivity index (χ3n) is 3.69. The van der Waals surface area contributed by atoms with Crippen LogP contribution in [-0.4, -0.2) is 8.42 Å². The standard InChI is InChI=1S/C16H20N2O2S/c1-11-5-4-6-14(13(11)3)10-18-15-8-7-12(2)16(9-15)21(17,19)20/h4-9,18H,10H2,1-3H3,(H2,17,19,20). The number of hydrogen-bond donors (Lipinski definition) is 2. The number of benzene rings is 2. The Morgan fingerprint density at radius 1 is 1.05 bits per heavy atom. The van der Waals surface area contributed by atoms with Crippen LogP contribution in [0.5, 0.6) is 0 Å². The molecule has 2 aromatic carbocycles. The van der Waals surface area contributed by atoms with E-state index in [1.165, 1.54) is 16.7 Å². The Hall–Kier alpha value is -1.85. The lowest BCUT2D eigenvalue weighted by Crippen LogP contribution is -2.14. The van der Waals surface area contributed by atoms with Crippen molar-refractivity contribution in [1.82, 2.24) is 0 Å². The summed E-state index contributed by atoms with van der Waals surface area (Å²) >= 11 is 0. The Morgan fingerprint density at radius 3 is 2.43 bits per heavy atom. The van der Waals surface area contributed by atoms with Crippen molar-refractivity contribution in [2.24, 2.45) is 5.14 Å². The van der Waals surface area contributed by atoms with Gasteiger partial charge in [-0.25, -0.2) is 13.6 Å². The van der Waals surface area contributed by atoms with E-state index in [1.807, 2.05) is 12.1 Å². The van der Waals surface area contributed by atoms with Gasteiger partial charge in [-0.1, -0.05) is 24.3 Å². The average Bonchev–Trinajstić information content (AvgIpc) is 2.40. The molecule has 3 N–H and O–H groups in total. The first-order chi connectivity index (χ1) is 9.79. The van der Waals surface area contributed by atoms with E-state index in [9.17, 15) is 8.42 Å². The van der Waals surface area contributed by atoms with Crippen LogP contribution in [0.2, 0.25) is 0 Å². The van der Waals surface area contributed by atoms with Crippen LogP contribution in [0.25, 0.3) is 0 Å². The highest BCUT2D eigenvalue weighted by molar-refractivity contribution is 7.89. The van der Waals surface area contributed by atoms with Crippen LogP contribution in [0.3, 0.4) is 0 Å². The zero-order valence-electron chi connectivity index (χ0n) is 12.5. The Kier molecular flexibility index (Phi) is 4.34. The molecular formula is C16H20N2O2S. The summed E-state index contributed by atoms with van der Waals surface area (Å²) in [7, 11) is -3.69. The summed E-state index contributed by atoms with van der Waals surface area (Å²) in [5.41, 5.74) is 5.06. The molecule has 112 valence electrons. The fourth-order valence-electron chi connectivity index (χ4n) is 2.22. The van der Waals surface area contributed by atoms with Crippen LogP contribution in [0, 0.1) is 20.8 Å². The first-order valence-corrected chi connectivity index (χ1v) is 8.26. The first-order valence-electron chi connectivity index (χ1n) is 6.71. The summed E-state index contributed by atoms with van der Waals surface area (Å²) in [5.74, 6) is 0. The van der Waals surface area contributed by atoms with Crippen molar-refractivity contribution in [1.29, 1.82) is 0 Å². The van der Waals surface area contributed by atoms with Gasteiger partial charge in [0, 0.05) is 12.2 Å². The third kappa shape index (κ3) is 3.62. The second-order valence-electron chi connectivity index (χ2n) is 5.24. The molecule has 0 saturated carbocycles. The van der Waals surface area contributed by atoms with E-state index >= 15 is 0 Å². The lowest BCUT2D eigenvalue weighted by Gasteiger charge is -2.12. The van der Waals surface area contributed by atoms with Crippen LogP contribution in [0.1, 0.15) is 22.3 Å². The van der Waals surface area contributed by atoms with Crippen molar-refractivity contribution < 1.29 is 8.42 Å². The van der Waals surface area contributed by atoms with Gasteiger partial charge >= 0.3 is 0 Å². The molecule has 2 aromatic rings. The van der Waals surface area contributed by atoms with Crippen molar-refractivity contribution in [3.05, 3.63) is 58.7 Å². The van der Waals surface area contributed by atoms with Crippen LogP contribution in [-0.2, 0) is 16.6 Å². The molecule has 0 heterocycles. The summed E-state index contributed by atoms with van der Waals surface area (Å²) in [5, 5.41) is 8.47. The molecule has 0 spiro atoms. The summed E-state index contributed by atoms with van der Waals surface area (Å²) in [4.78, 5) is 0.161. The monoisotopic (exact) mass is 304 g/mol. The molecule has 0 amide bonds. The molecular weight excluding hydrogens is 284 g/mol. The number of nitrogens with one attached hydrogen (secondary N) is 1. The fourth-order valence-corrected chi connectivity index (χ4v) is 3.03. The van der Waals surface area contributed by atoms with Crippen molar-refractivity contribution in [3.63, 3.8) is 0 Å². The molecule has 0 aliphatic heterocycles. The van der Waals surface area contributed by atoms with E-state index in [0.29, 0.717) is 12.1 Å². The Balaban J connectivity index is 2.23. The van der Waals surface area contributed by atoms with Gasteiger partial charge < -0.3 is 5.32 Å². The molecule has 21 heavy (non-hydrogen) atoms. The fraction of sp³-hybridized carbons (Fsp3) is 0.250. The molecule has 0 aliphatic carbocycles. The molecule has 0 unspecified atom stereocenters. The Labute approximate surface area is 126 Å². The number of sulfonamides is 1. The maximum absolute atomic E-state index is 11.5. The van der Waals surface area contributed by atoms with E-state index in [0.717, 1.165) is 5.69 Å². The van der Waals surface area contributed by atoms with Gasteiger partial charge in [-0.05, 0) is 55.2 Å². The molecule has 0 aliphatic rings. The largest absolute Gasteiger partial charge is 0.381 e. The summed E-state index contributed by atoms with van der Waals surface area (Å²) in [6, 6.07) is 11.3. The number of nitrogens with two attached hydrogens (primary N) is 1. The van der Waals surface area contributed by atoms with Gasteiger partial charge in [0.1, 0.15) is 0 Å². The van der Waals surface area contributed by atoms with Gasteiger partial charge in [-0.2, -0.15) is 0 Å². The van der Waals surface area contributed by atoms with Crippen LogP contribution < -0.4 is 10.5 Å². The van der Waals surface area contributed by atoms with E-state index < -0.39 is 10.0 Å². The quantitative estimate of drug-likeness (QED) is 0.912. The molecule has 4 nitrogen and oxygen atoms in total. The summed E-state index contributed by atoms with van der Waals surface area (Å²) in [6.07, 6.45) is 0. The molecule has 0 fully saturated rings. The minimum atomic E-state index is -3.69. The van der Waals surface area contributed by atoms with Crippen LogP contribution >= 0.6 is 0 Å². The molecule has 0 aromatic heterocycles. The predicted molar refractivity (Wildman–Crippen MR) is 85.8 cm³/mol. The van der Waals surface area contributed by atoms with Gasteiger partial charge in [-0.15, -0.1) is 0 Å². The zero-order valence-corrected chi connectivity index (χ0v) is 13.3. The second-order valence-corrected chi connectivity index (χ2v) is 6.77. The van der Waals surface area contributed by atoms with Gasteiger partial charge in [0.2, 0.25) is 10.0 Å². The molecule has 2 rings (SSSR count). The van der Waals surface area contributed by atoms with Crippen molar-refractivity contribution in [2.75, 3.05) is 5.32 Å². The normalized spacial score (nSPS) is 11.4. The minimum Gasteiger partial charge on any atom is -0.381 e. The van der Waals surface area contributed by atoms with Crippen molar-refractivity contribution in [3.8, 4) is 0 Å². The van der Waals surface area contributed by atoms with Crippen molar-refractivity contribution >= 4 is 15.7 Å². The van der Waals surface area contributed by atoms with E-state index in [1.54, 1.807) is 19.1 Å². The van der Waals surface area contributed by atoms with Gasteiger partial charge in [0.05, 0.1) is 4.90 Å². The third-order valence-corrected chi connectivity index (χ3v) is 4.75.